The van der Waals surface area contributed by atoms with E-state index in [2.05, 4.69) is 21.2 Å². The molecule has 4 aromatic carbocycles. The summed E-state index contributed by atoms with van der Waals surface area (Å²) in [4.78, 5) is 26.1. The molecule has 0 bridgehead atoms. The fourth-order valence-electron chi connectivity index (χ4n) is 3.70. The molecular formula is C29H24BrNO5. The van der Waals surface area contributed by atoms with Crippen molar-refractivity contribution in [2.45, 2.75) is 6.61 Å². The molecule has 4 rings (SSSR count). The number of amides is 1. The number of carbonyl (C=O) groups is 2. The van der Waals surface area contributed by atoms with Crippen molar-refractivity contribution < 1.29 is 23.8 Å². The average molecular weight is 546 g/mol. The summed E-state index contributed by atoms with van der Waals surface area (Å²) in [7, 11) is 2.81. The van der Waals surface area contributed by atoms with Gasteiger partial charge in [0.1, 0.15) is 18.1 Å². The van der Waals surface area contributed by atoms with Gasteiger partial charge in [-0.2, -0.15) is 0 Å². The molecule has 6 nitrogen and oxygen atoms in total. The van der Waals surface area contributed by atoms with E-state index in [1.165, 1.54) is 14.2 Å². The van der Waals surface area contributed by atoms with Gasteiger partial charge in [0.25, 0.3) is 5.91 Å². The summed E-state index contributed by atoms with van der Waals surface area (Å²) in [5, 5.41) is 2.87. The lowest BCUT2D eigenvalue weighted by molar-refractivity contribution is 0.0601. The number of ether oxygens (including phenoxy) is 3. The Kier molecular flexibility index (Phi) is 8.02. The first-order valence-electron chi connectivity index (χ1n) is 11.1. The number of hydrogen-bond donors (Lipinski definition) is 1. The van der Waals surface area contributed by atoms with E-state index in [0.29, 0.717) is 33.8 Å². The van der Waals surface area contributed by atoms with Gasteiger partial charge in [-0.25, -0.2) is 4.79 Å². The first-order chi connectivity index (χ1) is 17.5. The molecule has 0 saturated carbocycles. The number of nitrogens with one attached hydrogen (secondary N) is 1. The van der Waals surface area contributed by atoms with Gasteiger partial charge in [-0.3, -0.25) is 4.79 Å². The molecule has 7 heteroatoms. The molecule has 0 aliphatic rings. The third-order valence-corrected chi connectivity index (χ3v) is 5.99. The minimum absolute atomic E-state index is 0.170. The van der Waals surface area contributed by atoms with Crippen molar-refractivity contribution in [1.82, 2.24) is 0 Å². The third-order valence-electron chi connectivity index (χ3n) is 5.50. The molecule has 4 aromatic rings. The van der Waals surface area contributed by atoms with Crippen molar-refractivity contribution >= 4 is 33.5 Å². The van der Waals surface area contributed by atoms with Crippen LogP contribution in [0.2, 0.25) is 0 Å². The summed E-state index contributed by atoms with van der Waals surface area (Å²) in [6, 6.07) is 27.7. The van der Waals surface area contributed by atoms with Crippen molar-refractivity contribution in [3.05, 3.63) is 112 Å². The summed E-state index contributed by atoms with van der Waals surface area (Å²) in [5.74, 6) is -0.142. The molecular weight excluding hydrogens is 522 g/mol. The second kappa shape index (κ2) is 11.6. The summed E-state index contributed by atoms with van der Waals surface area (Å²) in [6.45, 7) is 0.302. The predicted octanol–water partition coefficient (Wildman–Crippen LogP) is 6.74. The van der Waals surface area contributed by atoms with E-state index in [-0.39, 0.29) is 5.56 Å². The Hall–Kier alpha value is -4.10. The number of benzene rings is 4. The predicted molar refractivity (Wildman–Crippen MR) is 143 cm³/mol. The van der Waals surface area contributed by atoms with Gasteiger partial charge >= 0.3 is 5.97 Å². The Morgan fingerprint density at radius 2 is 1.50 bits per heavy atom. The molecule has 0 fully saturated rings. The minimum Gasteiger partial charge on any atom is -0.496 e. The molecule has 1 amide bonds. The molecule has 0 radical (unpaired) electrons. The van der Waals surface area contributed by atoms with Crippen LogP contribution in [0.4, 0.5) is 5.69 Å². The number of esters is 1. The van der Waals surface area contributed by atoms with Crippen LogP contribution in [0.5, 0.6) is 11.5 Å². The lowest BCUT2D eigenvalue weighted by Crippen LogP contribution is -2.17. The van der Waals surface area contributed by atoms with Gasteiger partial charge in [-0.15, -0.1) is 0 Å². The number of rotatable bonds is 8. The molecule has 0 saturated heterocycles. The maximum Gasteiger partial charge on any atom is 0.340 e. The molecule has 0 atom stereocenters. The van der Waals surface area contributed by atoms with Crippen LogP contribution >= 0.6 is 15.9 Å². The maximum atomic E-state index is 13.5. The van der Waals surface area contributed by atoms with Crippen LogP contribution in [-0.2, 0) is 11.3 Å². The number of halogens is 1. The summed E-state index contributed by atoms with van der Waals surface area (Å²) >= 11 is 3.43. The van der Waals surface area contributed by atoms with Gasteiger partial charge in [-0.1, -0.05) is 76.6 Å². The molecule has 36 heavy (non-hydrogen) atoms. The Morgan fingerprint density at radius 3 is 2.17 bits per heavy atom. The molecule has 0 heterocycles. The van der Waals surface area contributed by atoms with Crippen molar-refractivity contribution in [3.8, 4) is 22.6 Å². The lowest BCUT2D eigenvalue weighted by Gasteiger charge is -2.17. The van der Waals surface area contributed by atoms with Crippen LogP contribution in [-0.4, -0.2) is 26.1 Å². The van der Waals surface area contributed by atoms with Crippen LogP contribution in [0.1, 0.15) is 26.3 Å². The van der Waals surface area contributed by atoms with Crippen molar-refractivity contribution in [3.63, 3.8) is 0 Å². The highest BCUT2D eigenvalue weighted by Gasteiger charge is 2.21. The fraction of sp³-hybridized carbons (Fsp3) is 0.103. The van der Waals surface area contributed by atoms with Crippen molar-refractivity contribution in [2.24, 2.45) is 0 Å². The highest BCUT2D eigenvalue weighted by Crippen LogP contribution is 2.36. The molecule has 0 aromatic heterocycles. The summed E-state index contributed by atoms with van der Waals surface area (Å²) in [6.07, 6.45) is 0. The van der Waals surface area contributed by atoms with Gasteiger partial charge < -0.3 is 19.5 Å². The van der Waals surface area contributed by atoms with E-state index in [0.717, 1.165) is 16.7 Å². The van der Waals surface area contributed by atoms with Crippen molar-refractivity contribution in [2.75, 3.05) is 19.5 Å². The number of carbonyl (C=O) groups excluding carboxylic acids is 2. The normalized spacial score (nSPS) is 10.4. The van der Waals surface area contributed by atoms with E-state index in [9.17, 15) is 9.59 Å². The van der Waals surface area contributed by atoms with Gasteiger partial charge in [0.2, 0.25) is 0 Å². The number of methoxy groups -OCH3 is 2. The van der Waals surface area contributed by atoms with E-state index in [4.69, 9.17) is 14.2 Å². The Labute approximate surface area is 218 Å². The Balaban J connectivity index is 1.71. The monoisotopic (exact) mass is 545 g/mol. The van der Waals surface area contributed by atoms with Gasteiger partial charge in [0.15, 0.2) is 0 Å². The molecule has 1 N–H and O–H groups in total. The summed E-state index contributed by atoms with van der Waals surface area (Å²) < 4.78 is 17.2. The summed E-state index contributed by atoms with van der Waals surface area (Å²) in [5.41, 5.74) is 3.34. The second-order valence-corrected chi connectivity index (χ2v) is 8.74. The molecule has 0 spiro atoms. The zero-order valence-corrected chi connectivity index (χ0v) is 21.4. The zero-order valence-electron chi connectivity index (χ0n) is 19.8. The smallest absolute Gasteiger partial charge is 0.340 e. The van der Waals surface area contributed by atoms with E-state index in [1.807, 2.05) is 60.7 Å². The highest BCUT2D eigenvalue weighted by molar-refractivity contribution is 9.10. The maximum absolute atomic E-state index is 13.5. The first kappa shape index (κ1) is 25.0. The van der Waals surface area contributed by atoms with Crippen LogP contribution in [0.25, 0.3) is 11.1 Å². The highest BCUT2D eigenvalue weighted by atomic mass is 79.9. The average Bonchev–Trinajstić information content (AvgIpc) is 2.92. The van der Waals surface area contributed by atoms with Crippen LogP contribution in [0.3, 0.4) is 0 Å². The first-order valence-corrected chi connectivity index (χ1v) is 11.9. The van der Waals surface area contributed by atoms with Crippen LogP contribution in [0, 0.1) is 0 Å². The Bertz CT molecular complexity index is 1370. The van der Waals surface area contributed by atoms with Gasteiger partial charge in [0.05, 0.1) is 31.0 Å². The molecule has 182 valence electrons. The van der Waals surface area contributed by atoms with E-state index in [1.54, 1.807) is 30.3 Å². The van der Waals surface area contributed by atoms with Gasteiger partial charge in [-0.05, 0) is 41.5 Å². The number of hydrogen-bond acceptors (Lipinski definition) is 5. The lowest BCUT2D eigenvalue weighted by atomic mass is 10.0. The fourth-order valence-corrected chi connectivity index (χ4v) is 4.07. The molecule has 0 aliphatic carbocycles. The standard InChI is InChI=1S/C29H24BrNO5/c1-34-27-17-23(29(33)35-2)25(16-22(27)20-11-7-4-8-12-20)31-28(32)24-15-21(30)13-14-26(24)36-18-19-9-5-3-6-10-19/h3-17H,18H2,1-2H3,(H,31,32). The SMILES string of the molecule is COC(=O)c1cc(OC)c(-c2ccccc2)cc1NC(=O)c1cc(Br)ccc1OCc1ccccc1. The largest absolute Gasteiger partial charge is 0.496 e. The minimum atomic E-state index is -0.599. The topological polar surface area (TPSA) is 73.9 Å². The Morgan fingerprint density at radius 1 is 0.806 bits per heavy atom. The van der Waals surface area contributed by atoms with Crippen molar-refractivity contribution in [1.29, 1.82) is 0 Å². The van der Waals surface area contributed by atoms with Crippen LogP contribution < -0.4 is 14.8 Å². The van der Waals surface area contributed by atoms with Gasteiger partial charge in [0, 0.05) is 10.0 Å². The van der Waals surface area contributed by atoms with E-state index >= 15 is 0 Å². The second-order valence-electron chi connectivity index (χ2n) is 7.82. The number of anilines is 1. The quantitative estimate of drug-likeness (QED) is 0.248. The zero-order chi connectivity index (χ0) is 25.5. The molecule has 0 unspecified atom stereocenters. The third kappa shape index (κ3) is 5.75. The van der Waals surface area contributed by atoms with Crippen LogP contribution in [0.15, 0.2) is 95.5 Å². The van der Waals surface area contributed by atoms with E-state index < -0.39 is 11.9 Å². The molecule has 0 aliphatic heterocycles.